The molecule has 0 bridgehead atoms. The fraction of sp³-hybridized carbons (Fsp3) is 0.500. The fourth-order valence-electron chi connectivity index (χ4n) is 3.26. The Labute approximate surface area is 179 Å². The molecule has 9 nitrogen and oxygen atoms in total. The number of hydrogen-bond acceptors (Lipinski definition) is 6. The summed E-state index contributed by atoms with van der Waals surface area (Å²) in [6.45, 7) is 0.828. The number of hydrogen-bond donors (Lipinski definition) is 3. The quantitative estimate of drug-likeness (QED) is 0.318. The molecule has 1 saturated carbocycles. The molecule has 11 heteroatoms. The molecule has 1 fully saturated rings. The largest absolute Gasteiger partial charge is 0.393 e. The van der Waals surface area contributed by atoms with Crippen molar-refractivity contribution in [3.63, 3.8) is 0 Å². The van der Waals surface area contributed by atoms with Crippen molar-refractivity contribution in [2.45, 2.75) is 36.7 Å². The van der Waals surface area contributed by atoms with Gasteiger partial charge >= 0.3 is 6.03 Å². The van der Waals surface area contributed by atoms with Crippen LogP contribution in [0.15, 0.2) is 12.3 Å². The molecular formula is C20H22FN3O6S. The number of halogens is 1. The van der Waals surface area contributed by atoms with Gasteiger partial charge in [-0.25, -0.2) is 23.1 Å². The number of amides is 2. The molecule has 2 heterocycles. The number of nitrogens with zero attached hydrogens (tertiary/aromatic N) is 2. The third-order valence-corrected chi connectivity index (χ3v) is 7.80. The van der Waals surface area contributed by atoms with E-state index in [0.717, 1.165) is 6.26 Å². The normalized spacial score (nSPS) is 23.7. The van der Waals surface area contributed by atoms with Crippen molar-refractivity contribution < 1.29 is 32.7 Å². The summed E-state index contributed by atoms with van der Waals surface area (Å²) in [5, 5.41) is 17.7. The maximum absolute atomic E-state index is 13.6. The molecule has 1 aromatic rings. The molecule has 0 radical (unpaired) electrons. The number of aliphatic hydroxyl groups excluding tert-OH is 1. The van der Waals surface area contributed by atoms with E-state index in [2.05, 4.69) is 23.7 Å². The average molecular weight is 451 g/mol. The first kappa shape index (κ1) is 22.8. The zero-order valence-corrected chi connectivity index (χ0v) is 17.8. The summed E-state index contributed by atoms with van der Waals surface area (Å²) in [5.74, 6) is 9.01. The lowest BCUT2D eigenvalue weighted by molar-refractivity contribution is -0.131. The predicted octanol–water partition coefficient (Wildman–Crippen LogP) is 0.0460. The van der Waals surface area contributed by atoms with Gasteiger partial charge in [-0.2, -0.15) is 0 Å². The zero-order chi connectivity index (χ0) is 23.0. The molecule has 0 aromatic carbocycles. The molecule has 3 atom stereocenters. The molecule has 2 amide bonds. The number of nitrogens with one attached hydrogen (secondary N) is 1. The lowest BCUT2D eigenvalue weighted by Crippen LogP contribution is -2.50. The van der Waals surface area contributed by atoms with Crippen molar-refractivity contribution in [1.29, 1.82) is 0 Å². The molecular weight excluding hydrogens is 429 g/mol. The molecule has 1 aromatic heterocycles. The molecule has 3 N–H and O–H groups in total. The van der Waals surface area contributed by atoms with E-state index in [0.29, 0.717) is 11.3 Å². The van der Waals surface area contributed by atoms with Crippen molar-refractivity contribution >= 4 is 21.8 Å². The Hall–Kier alpha value is -2.86. The molecule has 1 aliphatic carbocycles. The molecule has 0 saturated heterocycles. The van der Waals surface area contributed by atoms with Gasteiger partial charge in [0.1, 0.15) is 5.67 Å². The minimum Gasteiger partial charge on any atom is -0.393 e. The Morgan fingerprint density at radius 2 is 2.16 bits per heavy atom. The van der Waals surface area contributed by atoms with Crippen LogP contribution in [0.1, 0.15) is 31.0 Å². The number of rotatable bonds is 6. The van der Waals surface area contributed by atoms with Crippen LogP contribution in [0.3, 0.4) is 0 Å². The molecule has 0 spiro atoms. The van der Waals surface area contributed by atoms with Crippen molar-refractivity contribution in [2.24, 2.45) is 5.92 Å². The van der Waals surface area contributed by atoms with E-state index >= 15 is 0 Å². The van der Waals surface area contributed by atoms with Gasteiger partial charge in [-0.05, 0) is 31.3 Å². The van der Waals surface area contributed by atoms with Crippen LogP contribution < -0.4 is 5.48 Å². The Balaban J connectivity index is 1.64. The maximum Gasteiger partial charge on any atom is 0.328 e. The topological polar surface area (TPSA) is 129 Å². The number of fused-ring (bicyclic) bond motifs is 1. The standard InChI is InChI=1S/C20H22FN3O6S/c1-19(17(26)22-28,31(2,29)30)7-8-23-12-16-9-14(11-24(16)18(23)27)5-3-4-6-15-10-20(15,21)13-25/h9,11,15,25,28H,7-8,10,12-13H2,1-2H3,(H,22,26)/t15-,19-,20-/m1/s1. The summed E-state index contributed by atoms with van der Waals surface area (Å²) < 4.78 is 37.1. The summed E-state index contributed by atoms with van der Waals surface area (Å²) in [6, 6.07) is 1.30. The minimum absolute atomic E-state index is 0.0127. The number of carbonyl (C=O) groups is 2. The summed E-state index contributed by atoms with van der Waals surface area (Å²) in [5.41, 5.74) is 0.940. The number of aliphatic hydroxyl groups is 1. The van der Waals surface area contributed by atoms with Crippen LogP contribution in [-0.2, 0) is 21.2 Å². The van der Waals surface area contributed by atoms with Crippen molar-refractivity contribution in [3.8, 4) is 23.7 Å². The highest BCUT2D eigenvalue weighted by molar-refractivity contribution is 7.92. The smallest absolute Gasteiger partial charge is 0.328 e. The fourth-order valence-corrected chi connectivity index (χ4v) is 4.11. The maximum atomic E-state index is 13.6. The Morgan fingerprint density at radius 3 is 2.71 bits per heavy atom. The van der Waals surface area contributed by atoms with E-state index in [4.69, 9.17) is 10.3 Å². The van der Waals surface area contributed by atoms with Gasteiger partial charge in [0.15, 0.2) is 14.6 Å². The molecule has 166 valence electrons. The van der Waals surface area contributed by atoms with Gasteiger partial charge in [0.05, 0.1) is 19.1 Å². The molecule has 2 aliphatic rings. The molecule has 1 aliphatic heterocycles. The second kappa shape index (κ2) is 8.00. The van der Waals surface area contributed by atoms with Gasteiger partial charge in [-0.3, -0.25) is 14.6 Å². The first-order valence-corrected chi connectivity index (χ1v) is 11.3. The number of sulfone groups is 1. The number of alkyl halides is 1. The third-order valence-electron chi connectivity index (χ3n) is 5.77. The van der Waals surface area contributed by atoms with E-state index in [1.54, 1.807) is 6.07 Å². The highest BCUT2D eigenvalue weighted by atomic mass is 32.2. The van der Waals surface area contributed by atoms with Gasteiger partial charge in [0, 0.05) is 36.7 Å². The summed E-state index contributed by atoms with van der Waals surface area (Å²) in [4.78, 5) is 25.9. The molecule has 3 rings (SSSR count). The van der Waals surface area contributed by atoms with Crippen LogP contribution in [-0.4, -0.2) is 70.0 Å². The van der Waals surface area contributed by atoms with Crippen LogP contribution >= 0.6 is 0 Å². The third kappa shape index (κ3) is 4.30. The van der Waals surface area contributed by atoms with Crippen LogP contribution in [0.5, 0.6) is 0 Å². The van der Waals surface area contributed by atoms with Gasteiger partial charge in [0.25, 0.3) is 5.91 Å². The number of carbonyl (C=O) groups excluding carboxylic acids is 2. The highest BCUT2D eigenvalue weighted by Crippen LogP contribution is 2.46. The van der Waals surface area contributed by atoms with E-state index in [1.807, 2.05) is 0 Å². The van der Waals surface area contributed by atoms with E-state index < -0.39 is 44.7 Å². The van der Waals surface area contributed by atoms with Crippen LogP contribution in [0.25, 0.3) is 0 Å². The Morgan fingerprint density at radius 1 is 1.45 bits per heavy atom. The SMILES string of the molecule is C[C@@](CCN1Cc2cc(C#CC#C[C@@H]3C[C@@]3(F)CO)cn2C1=O)(C(=O)NO)S(C)(=O)=O. The van der Waals surface area contributed by atoms with Gasteiger partial charge in [-0.15, -0.1) is 0 Å². The first-order chi connectivity index (χ1) is 14.4. The second-order valence-electron chi connectivity index (χ2n) is 7.96. The Kier molecular flexibility index (Phi) is 5.89. The van der Waals surface area contributed by atoms with Gasteiger partial charge in [-0.1, -0.05) is 11.8 Å². The van der Waals surface area contributed by atoms with E-state index in [1.165, 1.54) is 28.1 Å². The van der Waals surface area contributed by atoms with Crippen LogP contribution in [0, 0.1) is 29.6 Å². The van der Waals surface area contributed by atoms with Crippen LogP contribution in [0.4, 0.5) is 9.18 Å². The van der Waals surface area contributed by atoms with Gasteiger partial charge in [0.2, 0.25) is 0 Å². The monoisotopic (exact) mass is 451 g/mol. The first-order valence-electron chi connectivity index (χ1n) is 9.41. The van der Waals surface area contributed by atoms with Gasteiger partial charge < -0.3 is 10.0 Å². The average Bonchev–Trinajstić information content (AvgIpc) is 3.05. The van der Waals surface area contributed by atoms with E-state index in [9.17, 15) is 22.4 Å². The zero-order valence-electron chi connectivity index (χ0n) is 17.0. The van der Waals surface area contributed by atoms with Crippen molar-refractivity contribution in [3.05, 3.63) is 23.5 Å². The number of aromatic nitrogens is 1. The highest BCUT2D eigenvalue weighted by Gasteiger charge is 2.54. The second-order valence-corrected chi connectivity index (χ2v) is 10.4. The minimum atomic E-state index is -3.85. The van der Waals surface area contributed by atoms with Crippen molar-refractivity contribution in [1.82, 2.24) is 14.9 Å². The Bertz CT molecular complexity index is 1150. The molecule has 31 heavy (non-hydrogen) atoms. The number of hydroxylamine groups is 1. The van der Waals surface area contributed by atoms with Crippen LogP contribution in [0.2, 0.25) is 0 Å². The summed E-state index contributed by atoms with van der Waals surface area (Å²) in [6.07, 6.45) is 2.42. The molecule has 0 unspecified atom stereocenters. The predicted molar refractivity (Wildman–Crippen MR) is 107 cm³/mol. The summed E-state index contributed by atoms with van der Waals surface area (Å²) in [7, 11) is -3.85. The van der Waals surface area contributed by atoms with E-state index in [-0.39, 0.29) is 25.9 Å². The lowest BCUT2D eigenvalue weighted by atomic mass is 10.1. The van der Waals surface area contributed by atoms with Crippen molar-refractivity contribution in [2.75, 3.05) is 19.4 Å². The lowest BCUT2D eigenvalue weighted by Gasteiger charge is -2.27. The summed E-state index contributed by atoms with van der Waals surface area (Å²) >= 11 is 0.